The number of rotatable bonds is 4. The van der Waals surface area contributed by atoms with Gasteiger partial charge in [-0.3, -0.25) is 14.5 Å². The quantitative estimate of drug-likeness (QED) is 0.921. The highest BCUT2D eigenvalue weighted by atomic mass is 19.4. The highest BCUT2D eigenvalue weighted by Gasteiger charge is 2.33. The van der Waals surface area contributed by atoms with Crippen molar-refractivity contribution in [2.75, 3.05) is 0 Å². The number of primary amides is 1. The van der Waals surface area contributed by atoms with Crippen molar-refractivity contribution >= 4 is 12.1 Å². The number of aryl methyl sites for hydroxylation is 2. The molecule has 1 aliphatic heterocycles. The second-order valence-electron chi connectivity index (χ2n) is 6.05. The SMILES string of the molecule is Cc1nn(CCC(N)=O)c(C)c1-c1cc(C(F)(F)F)cc2c1C=NC2. The molecule has 1 amide bonds. The molecule has 1 aromatic heterocycles. The summed E-state index contributed by atoms with van der Waals surface area (Å²) in [6, 6.07) is 2.29. The monoisotopic (exact) mass is 350 g/mol. The summed E-state index contributed by atoms with van der Waals surface area (Å²) in [6.45, 7) is 4.04. The summed E-state index contributed by atoms with van der Waals surface area (Å²) < 4.78 is 41.4. The first-order valence-corrected chi connectivity index (χ1v) is 7.75. The number of amides is 1. The Morgan fingerprint density at radius 1 is 1.32 bits per heavy atom. The average Bonchev–Trinajstić information content (AvgIpc) is 3.08. The van der Waals surface area contributed by atoms with Gasteiger partial charge in [0, 0.05) is 36.0 Å². The molecule has 0 radical (unpaired) electrons. The van der Waals surface area contributed by atoms with Gasteiger partial charge < -0.3 is 5.73 Å². The van der Waals surface area contributed by atoms with Crippen molar-refractivity contribution in [1.29, 1.82) is 0 Å². The molecule has 3 rings (SSSR count). The Morgan fingerprint density at radius 2 is 2.04 bits per heavy atom. The van der Waals surface area contributed by atoms with E-state index < -0.39 is 17.6 Å². The summed E-state index contributed by atoms with van der Waals surface area (Å²) in [4.78, 5) is 15.1. The van der Waals surface area contributed by atoms with Crippen LogP contribution in [0.4, 0.5) is 13.2 Å². The standard InChI is InChI=1S/C17H17F3N4O/c1-9-16(10(2)24(23-9)4-3-15(21)25)13-6-12(17(18,19)20)5-11-7-22-8-14(11)13/h5-6,8H,3-4,7H2,1-2H3,(H2,21,25). The number of carbonyl (C=O) groups excluding carboxylic acids is 1. The molecule has 5 nitrogen and oxygen atoms in total. The average molecular weight is 350 g/mol. The van der Waals surface area contributed by atoms with E-state index in [1.165, 1.54) is 0 Å². The van der Waals surface area contributed by atoms with Crippen LogP contribution in [0.5, 0.6) is 0 Å². The Morgan fingerprint density at radius 3 is 2.68 bits per heavy atom. The van der Waals surface area contributed by atoms with E-state index >= 15 is 0 Å². The molecule has 2 heterocycles. The number of hydrogen-bond donors (Lipinski definition) is 1. The fourth-order valence-electron chi connectivity index (χ4n) is 3.12. The molecule has 0 saturated carbocycles. The van der Waals surface area contributed by atoms with Crippen LogP contribution in [0.25, 0.3) is 11.1 Å². The van der Waals surface area contributed by atoms with E-state index in [1.54, 1.807) is 24.7 Å². The van der Waals surface area contributed by atoms with Gasteiger partial charge in [-0.1, -0.05) is 0 Å². The first-order valence-electron chi connectivity index (χ1n) is 7.75. The lowest BCUT2D eigenvalue weighted by Gasteiger charge is -2.14. The normalized spacial score (nSPS) is 13.3. The number of fused-ring (bicyclic) bond motifs is 1. The largest absolute Gasteiger partial charge is 0.416 e. The minimum atomic E-state index is -4.43. The van der Waals surface area contributed by atoms with Crippen LogP contribution in [0, 0.1) is 13.8 Å². The van der Waals surface area contributed by atoms with Crippen LogP contribution in [-0.2, 0) is 24.1 Å². The van der Waals surface area contributed by atoms with Crippen molar-refractivity contribution in [1.82, 2.24) is 9.78 Å². The second kappa shape index (κ2) is 6.02. The van der Waals surface area contributed by atoms with E-state index in [2.05, 4.69) is 10.1 Å². The van der Waals surface area contributed by atoms with E-state index in [0.717, 1.165) is 12.1 Å². The first kappa shape index (κ1) is 17.2. The minimum absolute atomic E-state index is 0.115. The summed E-state index contributed by atoms with van der Waals surface area (Å²) in [5.74, 6) is -0.457. The molecule has 0 aliphatic carbocycles. The Labute approximate surface area is 142 Å². The molecule has 25 heavy (non-hydrogen) atoms. The Hall–Kier alpha value is -2.64. The third-order valence-electron chi connectivity index (χ3n) is 4.30. The number of halogens is 3. The molecule has 0 bridgehead atoms. The molecule has 1 aromatic carbocycles. The first-order chi connectivity index (χ1) is 11.7. The molecule has 0 saturated heterocycles. The molecule has 2 N–H and O–H groups in total. The van der Waals surface area contributed by atoms with Crippen LogP contribution >= 0.6 is 0 Å². The lowest BCUT2D eigenvalue weighted by molar-refractivity contribution is -0.137. The predicted octanol–water partition coefficient (Wildman–Crippen LogP) is 2.99. The van der Waals surface area contributed by atoms with E-state index in [-0.39, 0.29) is 19.5 Å². The highest BCUT2D eigenvalue weighted by molar-refractivity contribution is 5.95. The van der Waals surface area contributed by atoms with Crippen molar-refractivity contribution in [3.63, 3.8) is 0 Å². The molecule has 1 aliphatic rings. The molecule has 2 aromatic rings. The van der Waals surface area contributed by atoms with E-state index in [9.17, 15) is 18.0 Å². The Bertz CT molecular complexity index is 881. The maximum absolute atomic E-state index is 13.3. The van der Waals surface area contributed by atoms with Crippen LogP contribution < -0.4 is 5.73 Å². The van der Waals surface area contributed by atoms with Gasteiger partial charge in [-0.05, 0) is 37.1 Å². The summed E-state index contributed by atoms with van der Waals surface area (Å²) in [5, 5.41) is 4.36. The van der Waals surface area contributed by atoms with E-state index in [0.29, 0.717) is 33.6 Å². The minimum Gasteiger partial charge on any atom is -0.370 e. The van der Waals surface area contributed by atoms with Gasteiger partial charge >= 0.3 is 6.18 Å². The Balaban J connectivity index is 2.15. The molecule has 0 spiro atoms. The van der Waals surface area contributed by atoms with Crippen molar-refractivity contribution in [3.05, 3.63) is 40.2 Å². The van der Waals surface area contributed by atoms with Crippen LogP contribution in [0.1, 0.15) is 34.5 Å². The van der Waals surface area contributed by atoms with Gasteiger partial charge in [0.15, 0.2) is 0 Å². The third kappa shape index (κ3) is 3.16. The smallest absolute Gasteiger partial charge is 0.370 e. The zero-order valence-corrected chi connectivity index (χ0v) is 13.8. The van der Waals surface area contributed by atoms with Gasteiger partial charge in [0.05, 0.1) is 17.8 Å². The number of alkyl halides is 3. The number of nitrogens with zero attached hydrogens (tertiary/aromatic N) is 3. The zero-order valence-electron chi connectivity index (χ0n) is 13.8. The lowest BCUT2D eigenvalue weighted by atomic mass is 9.93. The molecular formula is C17H17F3N4O. The molecule has 0 unspecified atom stereocenters. The highest BCUT2D eigenvalue weighted by Crippen LogP contribution is 2.39. The summed E-state index contributed by atoms with van der Waals surface area (Å²) in [6.07, 6.45) is -2.72. The summed E-state index contributed by atoms with van der Waals surface area (Å²) >= 11 is 0. The van der Waals surface area contributed by atoms with E-state index in [4.69, 9.17) is 5.73 Å². The number of hydrogen-bond acceptors (Lipinski definition) is 3. The fourth-order valence-corrected chi connectivity index (χ4v) is 3.12. The van der Waals surface area contributed by atoms with Gasteiger partial charge in [0.25, 0.3) is 0 Å². The van der Waals surface area contributed by atoms with Gasteiger partial charge in [0.1, 0.15) is 0 Å². The number of nitrogens with two attached hydrogens (primary N) is 1. The summed E-state index contributed by atoms with van der Waals surface area (Å²) in [7, 11) is 0. The second-order valence-corrected chi connectivity index (χ2v) is 6.05. The van der Waals surface area contributed by atoms with Gasteiger partial charge in [-0.2, -0.15) is 18.3 Å². The molecule has 132 valence electrons. The lowest BCUT2D eigenvalue weighted by Crippen LogP contribution is -2.15. The zero-order chi connectivity index (χ0) is 18.4. The van der Waals surface area contributed by atoms with Crippen LogP contribution in [0.15, 0.2) is 17.1 Å². The van der Waals surface area contributed by atoms with Gasteiger partial charge in [-0.25, -0.2) is 0 Å². The summed E-state index contributed by atoms with van der Waals surface area (Å²) in [5.41, 5.74) is 8.10. The Kier molecular flexibility index (Phi) is 4.14. The predicted molar refractivity (Wildman–Crippen MR) is 87.2 cm³/mol. The molecule has 8 heteroatoms. The molecular weight excluding hydrogens is 333 g/mol. The third-order valence-corrected chi connectivity index (χ3v) is 4.30. The van der Waals surface area contributed by atoms with Crippen LogP contribution in [0.3, 0.4) is 0 Å². The van der Waals surface area contributed by atoms with Crippen molar-refractivity contribution in [2.24, 2.45) is 10.7 Å². The van der Waals surface area contributed by atoms with Crippen molar-refractivity contribution < 1.29 is 18.0 Å². The van der Waals surface area contributed by atoms with Gasteiger partial charge in [0.2, 0.25) is 5.91 Å². The van der Waals surface area contributed by atoms with Crippen LogP contribution in [0.2, 0.25) is 0 Å². The van der Waals surface area contributed by atoms with Crippen LogP contribution in [-0.4, -0.2) is 21.9 Å². The topological polar surface area (TPSA) is 73.3 Å². The number of benzene rings is 1. The maximum atomic E-state index is 13.3. The molecule has 0 fully saturated rings. The fraction of sp³-hybridized carbons (Fsp3) is 0.353. The molecule has 0 atom stereocenters. The number of carbonyl (C=O) groups is 1. The number of aliphatic imine (C=N–C) groups is 1. The number of aromatic nitrogens is 2. The van der Waals surface area contributed by atoms with Gasteiger partial charge in [-0.15, -0.1) is 0 Å². The van der Waals surface area contributed by atoms with Crippen molar-refractivity contribution in [3.8, 4) is 11.1 Å². The van der Waals surface area contributed by atoms with Crippen molar-refractivity contribution in [2.45, 2.75) is 39.5 Å². The maximum Gasteiger partial charge on any atom is 0.416 e. The van der Waals surface area contributed by atoms with E-state index in [1.807, 2.05) is 0 Å².